The molecule has 0 atom stereocenters. The first-order valence-electron chi connectivity index (χ1n) is 9.10. The van der Waals surface area contributed by atoms with Gasteiger partial charge in [0.25, 0.3) is 11.4 Å². The van der Waals surface area contributed by atoms with Gasteiger partial charge in [-0.15, -0.1) is 0 Å². The monoisotopic (exact) mass is 401 g/mol. The summed E-state index contributed by atoms with van der Waals surface area (Å²) < 4.78 is 34.1. The molecule has 0 N–H and O–H groups in total. The van der Waals surface area contributed by atoms with Crippen molar-refractivity contribution >= 4 is 10.8 Å². The minimum absolute atomic E-state index is 0.163. The van der Waals surface area contributed by atoms with Crippen molar-refractivity contribution in [3.05, 3.63) is 101 Å². The van der Waals surface area contributed by atoms with E-state index >= 15 is 0 Å². The maximum absolute atomic E-state index is 13.8. The van der Waals surface area contributed by atoms with Crippen LogP contribution < -0.4 is 5.56 Å². The third-order valence-corrected chi connectivity index (χ3v) is 4.75. The molecule has 7 heteroatoms. The normalized spacial score (nSPS) is 11.1. The fraction of sp³-hybridized carbons (Fsp3) is 0. The molecule has 0 bridgehead atoms. The number of benzene rings is 3. The molecular formula is C23H13F2N3O2. The number of aromatic nitrogens is 3. The van der Waals surface area contributed by atoms with Crippen molar-refractivity contribution in [3.63, 3.8) is 0 Å². The lowest BCUT2D eigenvalue weighted by Crippen LogP contribution is -2.18. The maximum atomic E-state index is 13.8. The van der Waals surface area contributed by atoms with Gasteiger partial charge in [0.05, 0.1) is 11.3 Å². The zero-order chi connectivity index (χ0) is 20.7. The summed E-state index contributed by atoms with van der Waals surface area (Å²) in [4.78, 5) is 17.4. The molecule has 30 heavy (non-hydrogen) atoms. The van der Waals surface area contributed by atoms with Gasteiger partial charge in [0.1, 0.15) is 11.6 Å². The second kappa shape index (κ2) is 7.04. The Hall–Kier alpha value is -4.13. The molecule has 2 aromatic heterocycles. The van der Waals surface area contributed by atoms with E-state index in [1.165, 1.54) is 34.9 Å². The van der Waals surface area contributed by atoms with Crippen LogP contribution in [-0.2, 0) is 0 Å². The van der Waals surface area contributed by atoms with E-state index in [4.69, 9.17) is 4.52 Å². The lowest BCUT2D eigenvalue weighted by atomic mass is 10.1. The number of fused-ring (bicyclic) bond motifs is 1. The molecule has 146 valence electrons. The first-order valence-corrected chi connectivity index (χ1v) is 9.10. The molecule has 5 nitrogen and oxygen atoms in total. The van der Waals surface area contributed by atoms with Crippen LogP contribution in [0, 0.1) is 11.6 Å². The molecule has 0 aliphatic carbocycles. The molecule has 0 unspecified atom stereocenters. The number of pyridine rings is 1. The number of nitrogens with zero attached hydrogens (tertiary/aromatic N) is 3. The molecule has 0 aliphatic heterocycles. The Balaban J connectivity index is 1.74. The minimum atomic E-state index is -0.458. The SMILES string of the molecule is O=c1c2ccccc2c(-c2nc(-c3cccc(F)c3)no2)cn1-c1cccc(F)c1. The van der Waals surface area contributed by atoms with Crippen LogP contribution in [0.15, 0.2) is 88.3 Å². The Bertz CT molecular complexity index is 1460. The fourth-order valence-corrected chi connectivity index (χ4v) is 3.36. The molecule has 0 spiro atoms. The Morgan fingerprint density at radius 2 is 1.57 bits per heavy atom. The zero-order valence-electron chi connectivity index (χ0n) is 15.4. The molecule has 0 saturated carbocycles. The third-order valence-electron chi connectivity index (χ3n) is 4.75. The summed E-state index contributed by atoms with van der Waals surface area (Å²) in [5, 5.41) is 4.99. The number of hydrogen-bond donors (Lipinski definition) is 0. The minimum Gasteiger partial charge on any atom is -0.334 e. The van der Waals surface area contributed by atoms with Crippen molar-refractivity contribution in [2.24, 2.45) is 0 Å². The second-order valence-corrected chi connectivity index (χ2v) is 6.68. The van der Waals surface area contributed by atoms with Gasteiger partial charge in [-0.25, -0.2) is 8.78 Å². The molecule has 2 heterocycles. The Morgan fingerprint density at radius 3 is 2.33 bits per heavy atom. The van der Waals surface area contributed by atoms with Gasteiger partial charge >= 0.3 is 0 Å². The van der Waals surface area contributed by atoms with Crippen LogP contribution in [0.1, 0.15) is 0 Å². The van der Waals surface area contributed by atoms with E-state index in [2.05, 4.69) is 10.1 Å². The van der Waals surface area contributed by atoms with Crippen molar-refractivity contribution in [3.8, 4) is 28.5 Å². The van der Waals surface area contributed by atoms with Crippen molar-refractivity contribution in [1.29, 1.82) is 0 Å². The predicted molar refractivity (Wildman–Crippen MR) is 108 cm³/mol. The average molecular weight is 401 g/mol. The highest BCUT2D eigenvalue weighted by Crippen LogP contribution is 2.28. The molecule has 5 aromatic rings. The van der Waals surface area contributed by atoms with Gasteiger partial charge in [0, 0.05) is 22.5 Å². The van der Waals surface area contributed by atoms with E-state index in [-0.39, 0.29) is 17.3 Å². The lowest BCUT2D eigenvalue weighted by Gasteiger charge is -2.10. The molecule has 5 rings (SSSR count). The molecule has 0 aliphatic rings. The van der Waals surface area contributed by atoms with E-state index in [0.717, 1.165) is 0 Å². The van der Waals surface area contributed by atoms with Gasteiger partial charge in [-0.05, 0) is 36.4 Å². The van der Waals surface area contributed by atoms with E-state index in [1.807, 2.05) is 0 Å². The van der Waals surface area contributed by atoms with Crippen molar-refractivity contribution in [2.45, 2.75) is 0 Å². The third kappa shape index (κ3) is 3.06. The smallest absolute Gasteiger partial charge is 0.262 e. The van der Waals surface area contributed by atoms with Gasteiger partial charge in [-0.2, -0.15) is 4.98 Å². The topological polar surface area (TPSA) is 60.9 Å². The van der Waals surface area contributed by atoms with Crippen LogP contribution in [0.4, 0.5) is 8.78 Å². The summed E-state index contributed by atoms with van der Waals surface area (Å²) in [5.41, 5.74) is 1.04. The predicted octanol–water partition coefficient (Wildman–Crippen LogP) is 4.99. The summed E-state index contributed by atoms with van der Waals surface area (Å²) in [6.45, 7) is 0. The first kappa shape index (κ1) is 17.9. The van der Waals surface area contributed by atoms with Gasteiger partial charge in [-0.3, -0.25) is 9.36 Å². The highest BCUT2D eigenvalue weighted by Gasteiger charge is 2.17. The van der Waals surface area contributed by atoms with E-state index in [9.17, 15) is 13.6 Å². The summed E-state index contributed by atoms with van der Waals surface area (Å²) >= 11 is 0. The maximum Gasteiger partial charge on any atom is 0.262 e. The van der Waals surface area contributed by atoms with Gasteiger partial charge in [-0.1, -0.05) is 41.6 Å². The number of hydrogen-bond acceptors (Lipinski definition) is 4. The molecule has 0 fully saturated rings. The van der Waals surface area contributed by atoms with Gasteiger partial charge < -0.3 is 4.52 Å². The average Bonchev–Trinajstić information content (AvgIpc) is 3.24. The second-order valence-electron chi connectivity index (χ2n) is 6.68. The Labute approximate surface area is 168 Å². The highest BCUT2D eigenvalue weighted by atomic mass is 19.1. The van der Waals surface area contributed by atoms with Gasteiger partial charge in [0.15, 0.2) is 0 Å². The zero-order valence-corrected chi connectivity index (χ0v) is 15.4. The highest BCUT2D eigenvalue weighted by molar-refractivity contribution is 5.94. The largest absolute Gasteiger partial charge is 0.334 e. The Morgan fingerprint density at radius 1 is 0.833 bits per heavy atom. The van der Waals surface area contributed by atoms with Crippen molar-refractivity contribution in [2.75, 3.05) is 0 Å². The molecule has 0 radical (unpaired) electrons. The van der Waals surface area contributed by atoms with E-state index < -0.39 is 11.6 Å². The quantitative estimate of drug-likeness (QED) is 0.428. The molecular weight excluding hydrogens is 388 g/mol. The van der Waals surface area contributed by atoms with Crippen LogP contribution >= 0.6 is 0 Å². The van der Waals surface area contributed by atoms with Crippen LogP contribution in [0.2, 0.25) is 0 Å². The summed E-state index contributed by atoms with van der Waals surface area (Å²) in [6.07, 6.45) is 1.54. The summed E-state index contributed by atoms with van der Waals surface area (Å²) in [7, 11) is 0. The van der Waals surface area contributed by atoms with Crippen molar-refractivity contribution in [1.82, 2.24) is 14.7 Å². The molecule has 0 amide bonds. The fourth-order valence-electron chi connectivity index (χ4n) is 3.36. The van der Waals surface area contributed by atoms with Crippen molar-refractivity contribution < 1.29 is 13.3 Å². The standard InChI is InChI=1S/C23H13F2N3O2/c24-15-6-3-5-14(11-15)21-26-22(30-27-21)20-13-28(17-8-4-7-16(25)12-17)23(29)19-10-2-1-9-18(19)20/h1-13H. The van der Waals surface area contributed by atoms with Crippen LogP contribution in [-0.4, -0.2) is 14.7 Å². The van der Waals surface area contributed by atoms with Crippen LogP contribution in [0.25, 0.3) is 39.3 Å². The first-order chi connectivity index (χ1) is 14.6. The Kier molecular flexibility index (Phi) is 4.21. The molecule has 3 aromatic carbocycles. The van der Waals surface area contributed by atoms with Crippen LogP contribution in [0.3, 0.4) is 0 Å². The van der Waals surface area contributed by atoms with E-state index in [0.29, 0.717) is 27.6 Å². The summed E-state index contributed by atoms with van der Waals surface area (Å²) in [5.74, 6) is -0.489. The number of rotatable bonds is 3. The van der Waals surface area contributed by atoms with E-state index in [1.54, 1.807) is 48.7 Å². The summed E-state index contributed by atoms with van der Waals surface area (Å²) in [6, 6.07) is 18.6. The van der Waals surface area contributed by atoms with Crippen LogP contribution in [0.5, 0.6) is 0 Å². The molecule has 0 saturated heterocycles. The lowest BCUT2D eigenvalue weighted by molar-refractivity contribution is 0.432. The number of halogens is 2. The van der Waals surface area contributed by atoms with Gasteiger partial charge in [0.2, 0.25) is 5.82 Å².